The molecule has 2 fully saturated rings. The molecule has 3 aliphatic heterocycles. The van der Waals surface area contributed by atoms with Crippen LogP contribution in [0.1, 0.15) is 56.7 Å². The standard InChI is InChI=1S/C37H35F4N9O6/c1-48-18-21-4-3-5-28(31(21)34(48)53)56-33-24(37(39,40)41)16-43-35(47-33)45-26-15-25(38)23(14-29(26)55-2)32(52)44-22-7-11-49(12-8-22)19-20-6-10-42-17-27(20)50-13-9-30(51)46-36(50)54/h3-6,10,14-17,22H,7-9,11-13,18-19H2,1-2H3,(H,44,52)(H,43,45,47)(H,46,51,54). The number of likely N-dealkylation sites (tertiary alicyclic amines) is 1. The van der Waals surface area contributed by atoms with Gasteiger partial charge in [0.1, 0.15) is 22.9 Å². The van der Waals surface area contributed by atoms with Crippen LogP contribution in [0, 0.1) is 5.82 Å². The van der Waals surface area contributed by atoms with E-state index >= 15 is 4.39 Å². The van der Waals surface area contributed by atoms with Crippen molar-refractivity contribution in [3.63, 3.8) is 0 Å². The van der Waals surface area contributed by atoms with Gasteiger partial charge in [-0.05, 0) is 42.2 Å². The van der Waals surface area contributed by atoms with Crippen molar-refractivity contribution in [2.75, 3.05) is 44.0 Å². The summed E-state index contributed by atoms with van der Waals surface area (Å²) in [5.41, 5.74) is 0.444. The van der Waals surface area contributed by atoms with Crippen LogP contribution >= 0.6 is 0 Å². The highest BCUT2D eigenvalue weighted by atomic mass is 19.4. The summed E-state index contributed by atoms with van der Waals surface area (Å²) in [6.45, 7) is 2.18. The van der Waals surface area contributed by atoms with Crippen molar-refractivity contribution < 1.29 is 46.2 Å². The zero-order chi connectivity index (χ0) is 39.7. The fourth-order valence-electron chi connectivity index (χ4n) is 6.80. The highest BCUT2D eigenvalue weighted by Gasteiger charge is 2.38. The number of benzene rings is 2. The third kappa shape index (κ3) is 7.88. The monoisotopic (exact) mass is 777 g/mol. The number of nitrogens with zero attached hydrogens (tertiary/aromatic N) is 6. The first-order valence-corrected chi connectivity index (χ1v) is 17.5. The third-order valence-electron chi connectivity index (χ3n) is 9.68. The van der Waals surface area contributed by atoms with Gasteiger partial charge in [0.15, 0.2) is 0 Å². The predicted molar refractivity (Wildman–Crippen MR) is 191 cm³/mol. The summed E-state index contributed by atoms with van der Waals surface area (Å²) in [6, 6.07) is 7.72. The average Bonchev–Trinajstić information content (AvgIpc) is 3.45. The van der Waals surface area contributed by atoms with Gasteiger partial charge in [0, 0.05) is 70.7 Å². The molecule has 5 amide bonds. The molecule has 2 aromatic carbocycles. The van der Waals surface area contributed by atoms with Gasteiger partial charge in [0.05, 0.1) is 35.8 Å². The number of carbonyl (C=O) groups is 4. The lowest BCUT2D eigenvalue weighted by Gasteiger charge is -2.34. The number of methoxy groups -OCH3 is 1. The first kappa shape index (κ1) is 37.9. The Hall–Kier alpha value is -6.37. The highest BCUT2D eigenvalue weighted by Crippen LogP contribution is 2.40. The smallest absolute Gasteiger partial charge is 0.423 e. The number of imide groups is 1. The normalized spacial score (nSPS) is 16.4. The Balaban J connectivity index is 1.02. The maximum Gasteiger partial charge on any atom is 0.423 e. The van der Waals surface area contributed by atoms with Crippen LogP contribution in [-0.4, -0.2) is 88.3 Å². The topological polar surface area (TPSA) is 171 Å². The number of hydrogen-bond acceptors (Lipinski definition) is 11. The molecule has 292 valence electrons. The highest BCUT2D eigenvalue weighted by molar-refractivity contribution is 6.06. The van der Waals surface area contributed by atoms with Gasteiger partial charge in [0.25, 0.3) is 11.8 Å². The van der Waals surface area contributed by atoms with E-state index in [4.69, 9.17) is 9.47 Å². The fraction of sp³-hybridized carbons (Fsp3) is 0.324. The molecule has 3 aliphatic rings. The number of rotatable bonds is 10. The van der Waals surface area contributed by atoms with Gasteiger partial charge in [-0.3, -0.25) is 34.5 Å². The molecule has 0 bridgehead atoms. The Morgan fingerprint density at radius 3 is 2.57 bits per heavy atom. The zero-order valence-electron chi connectivity index (χ0n) is 30.1. The molecule has 0 aliphatic carbocycles. The van der Waals surface area contributed by atoms with Crippen LogP contribution in [0.4, 0.5) is 39.7 Å². The predicted octanol–water partition coefficient (Wildman–Crippen LogP) is 5.00. The molecule has 0 saturated carbocycles. The van der Waals surface area contributed by atoms with E-state index in [9.17, 15) is 32.3 Å². The van der Waals surface area contributed by atoms with Gasteiger partial charge in [-0.1, -0.05) is 12.1 Å². The van der Waals surface area contributed by atoms with E-state index in [0.717, 1.165) is 17.7 Å². The molecular formula is C37H35F4N9O6. The number of aromatic nitrogens is 3. The Morgan fingerprint density at radius 2 is 1.84 bits per heavy atom. The molecule has 0 radical (unpaired) electrons. The summed E-state index contributed by atoms with van der Waals surface area (Å²) < 4.78 is 68.5. The van der Waals surface area contributed by atoms with E-state index < -0.39 is 47.2 Å². The van der Waals surface area contributed by atoms with Crippen molar-refractivity contribution in [1.82, 2.24) is 35.4 Å². The molecule has 0 spiro atoms. The Kier molecular flexibility index (Phi) is 10.4. The second-order valence-electron chi connectivity index (χ2n) is 13.4. The van der Waals surface area contributed by atoms with Crippen molar-refractivity contribution in [3.05, 3.63) is 88.6 Å². The number of carbonyl (C=O) groups excluding carboxylic acids is 4. The molecular weight excluding hydrogens is 742 g/mol. The van der Waals surface area contributed by atoms with Crippen LogP contribution < -0.4 is 30.3 Å². The molecule has 2 aromatic heterocycles. The third-order valence-corrected chi connectivity index (χ3v) is 9.68. The minimum Gasteiger partial charge on any atom is -0.495 e. The van der Waals surface area contributed by atoms with Gasteiger partial charge in [-0.2, -0.15) is 18.2 Å². The van der Waals surface area contributed by atoms with Gasteiger partial charge >= 0.3 is 12.2 Å². The second kappa shape index (κ2) is 15.4. The first-order chi connectivity index (χ1) is 26.8. The molecule has 0 unspecified atom stereocenters. The minimum atomic E-state index is -4.92. The Morgan fingerprint density at radius 1 is 1.05 bits per heavy atom. The number of piperidine rings is 1. The lowest BCUT2D eigenvalue weighted by atomic mass is 10.0. The number of pyridine rings is 1. The number of anilines is 3. The van der Waals surface area contributed by atoms with Crippen LogP contribution in [0.25, 0.3) is 0 Å². The molecule has 19 heteroatoms. The van der Waals surface area contributed by atoms with Gasteiger partial charge in [-0.25, -0.2) is 14.2 Å². The number of nitrogens with one attached hydrogen (secondary N) is 3. The number of ether oxygens (including phenoxy) is 2. The van der Waals surface area contributed by atoms with Crippen molar-refractivity contribution in [2.24, 2.45) is 0 Å². The van der Waals surface area contributed by atoms with E-state index in [1.165, 1.54) is 23.0 Å². The molecule has 5 heterocycles. The van der Waals surface area contributed by atoms with E-state index in [1.54, 1.807) is 31.6 Å². The van der Waals surface area contributed by atoms with Gasteiger partial charge < -0.3 is 25.0 Å². The van der Waals surface area contributed by atoms with E-state index in [1.807, 2.05) is 6.07 Å². The second-order valence-corrected chi connectivity index (χ2v) is 13.4. The van der Waals surface area contributed by atoms with Crippen molar-refractivity contribution in [1.29, 1.82) is 0 Å². The summed E-state index contributed by atoms with van der Waals surface area (Å²) >= 11 is 0. The largest absolute Gasteiger partial charge is 0.495 e. The number of alkyl halides is 3. The van der Waals surface area contributed by atoms with E-state index in [2.05, 4.69) is 35.8 Å². The lowest BCUT2D eigenvalue weighted by molar-refractivity contribution is -0.139. The molecule has 3 N–H and O–H groups in total. The van der Waals surface area contributed by atoms with Gasteiger partial charge in [0.2, 0.25) is 17.7 Å². The van der Waals surface area contributed by atoms with Crippen LogP contribution in [0.3, 0.4) is 0 Å². The van der Waals surface area contributed by atoms with Crippen molar-refractivity contribution in [2.45, 2.75) is 44.6 Å². The van der Waals surface area contributed by atoms with Crippen LogP contribution in [-0.2, 0) is 24.1 Å². The molecule has 7 rings (SSSR count). The zero-order valence-corrected chi connectivity index (χ0v) is 30.1. The minimum absolute atomic E-state index is 0.0215. The summed E-state index contributed by atoms with van der Waals surface area (Å²) in [5, 5.41) is 7.84. The number of hydrogen-bond donors (Lipinski definition) is 3. The Labute approximate surface area is 317 Å². The summed E-state index contributed by atoms with van der Waals surface area (Å²) in [4.78, 5) is 67.0. The molecule has 2 saturated heterocycles. The fourth-order valence-corrected chi connectivity index (χ4v) is 6.80. The average molecular weight is 778 g/mol. The molecule has 15 nitrogen and oxygen atoms in total. The quantitative estimate of drug-likeness (QED) is 0.185. The molecule has 56 heavy (non-hydrogen) atoms. The van der Waals surface area contributed by atoms with Crippen LogP contribution in [0.15, 0.2) is 55.0 Å². The van der Waals surface area contributed by atoms with Crippen molar-refractivity contribution in [3.8, 4) is 17.4 Å². The van der Waals surface area contributed by atoms with Crippen molar-refractivity contribution >= 4 is 41.1 Å². The van der Waals surface area contributed by atoms with Gasteiger partial charge in [-0.15, -0.1) is 0 Å². The number of urea groups is 1. The lowest BCUT2D eigenvalue weighted by Crippen LogP contribution is -2.50. The summed E-state index contributed by atoms with van der Waals surface area (Å²) in [5.74, 6) is -3.82. The van der Waals surface area contributed by atoms with E-state index in [-0.39, 0.29) is 59.8 Å². The summed E-state index contributed by atoms with van der Waals surface area (Å²) in [7, 11) is 2.83. The SMILES string of the molecule is COc1cc(C(=O)NC2CCN(Cc3ccncc3N3CCC(=O)NC3=O)CC2)c(F)cc1Nc1ncc(C(F)(F)F)c(Oc2cccc3c2C(=O)N(C)C3)n1. The van der Waals surface area contributed by atoms with E-state index in [0.29, 0.717) is 49.9 Å². The summed E-state index contributed by atoms with van der Waals surface area (Å²) in [6.07, 6.45) is 0.0874. The maximum absolute atomic E-state index is 15.5. The van der Waals surface area contributed by atoms with Crippen LogP contribution in [0.2, 0.25) is 0 Å². The number of fused-ring (bicyclic) bond motifs is 1. The number of amides is 5. The molecule has 0 atom stereocenters. The Bertz CT molecular complexity index is 2210. The molecule has 4 aromatic rings. The first-order valence-electron chi connectivity index (χ1n) is 17.5. The maximum atomic E-state index is 15.5. The van der Waals surface area contributed by atoms with Crippen LogP contribution in [0.5, 0.6) is 17.4 Å². The number of halogens is 4.